The smallest absolute Gasteiger partial charge is 0.132 e. The maximum atomic E-state index is 13.7. The molecular weight excluding hydrogens is 217 g/mol. The summed E-state index contributed by atoms with van der Waals surface area (Å²) in [6.07, 6.45) is 0. The summed E-state index contributed by atoms with van der Waals surface area (Å²) in [6, 6.07) is 7.39. The van der Waals surface area contributed by atoms with E-state index in [1.807, 2.05) is 19.1 Å². The number of nitrogens with zero attached hydrogens (tertiary/aromatic N) is 1. The molecule has 0 bridgehead atoms. The van der Waals surface area contributed by atoms with E-state index in [0.717, 1.165) is 11.2 Å². The summed E-state index contributed by atoms with van der Waals surface area (Å²) in [4.78, 5) is 0. The van der Waals surface area contributed by atoms with Crippen molar-refractivity contribution in [2.24, 2.45) is 0 Å². The zero-order chi connectivity index (χ0) is 12.4. The van der Waals surface area contributed by atoms with Gasteiger partial charge in [0, 0.05) is 23.7 Å². The topological polar surface area (TPSA) is 14.2 Å². The van der Waals surface area contributed by atoms with E-state index < -0.39 is 0 Å². The molecule has 0 amide bonds. The summed E-state index contributed by atoms with van der Waals surface area (Å²) in [6.45, 7) is 7.35. The second-order valence-corrected chi connectivity index (χ2v) is 4.41. The van der Waals surface area contributed by atoms with Crippen LogP contribution in [-0.4, -0.2) is 11.2 Å². The molecule has 0 spiro atoms. The lowest BCUT2D eigenvalue weighted by Gasteiger charge is -2.14. The van der Waals surface area contributed by atoms with Gasteiger partial charge in [-0.15, -0.1) is 0 Å². The number of hydrogen-bond donors (Lipinski definition) is 0. The monoisotopic (exact) mass is 235 g/mol. The van der Waals surface area contributed by atoms with Crippen molar-refractivity contribution in [1.82, 2.24) is 4.57 Å². The standard InChI is InChI=1S/C14H18FNO/c1-4-17-9-11-8-12-13(15)6-5-7-14(12)16(11)10(2)3/h5-8,10H,4,9H2,1-3H3. The Kier molecular flexibility index (Phi) is 3.48. The zero-order valence-corrected chi connectivity index (χ0v) is 10.5. The number of rotatable bonds is 4. The Labute approximate surface area is 101 Å². The van der Waals surface area contributed by atoms with Gasteiger partial charge in [-0.25, -0.2) is 4.39 Å². The van der Waals surface area contributed by atoms with Gasteiger partial charge in [0.1, 0.15) is 5.82 Å². The van der Waals surface area contributed by atoms with Crippen LogP contribution in [0.5, 0.6) is 0 Å². The van der Waals surface area contributed by atoms with Crippen molar-refractivity contribution in [3.05, 3.63) is 35.8 Å². The molecule has 0 saturated carbocycles. The highest BCUT2D eigenvalue weighted by molar-refractivity contribution is 5.82. The van der Waals surface area contributed by atoms with Gasteiger partial charge in [-0.3, -0.25) is 0 Å². The van der Waals surface area contributed by atoms with Crippen LogP contribution in [0.1, 0.15) is 32.5 Å². The average Bonchev–Trinajstić information content (AvgIpc) is 2.66. The summed E-state index contributed by atoms with van der Waals surface area (Å²) in [5.74, 6) is -0.167. The summed E-state index contributed by atoms with van der Waals surface area (Å²) in [5, 5.41) is 0.677. The van der Waals surface area contributed by atoms with Crippen LogP contribution in [0.2, 0.25) is 0 Å². The van der Waals surface area contributed by atoms with Gasteiger partial charge in [-0.1, -0.05) is 6.07 Å². The van der Waals surface area contributed by atoms with Crippen LogP contribution in [0.25, 0.3) is 10.9 Å². The van der Waals surface area contributed by atoms with Crippen LogP contribution < -0.4 is 0 Å². The third-order valence-electron chi connectivity index (χ3n) is 2.88. The van der Waals surface area contributed by atoms with E-state index in [1.54, 1.807) is 6.07 Å². The van der Waals surface area contributed by atoms with Crippen molar-refractivity contribution < 1.29 is 9.13 Å². The molecule has 0 aliphatic rings. The van der Waals surface area contributed by atoms with E-state index in [0.29, 0.717) is 24.6 Å². The van der Waals surface area contributed by atoms with Crippen LogP contribution in [0, 0.1) is 5.82 Å². The minimum absolute atomic E-state index is 0.167. The summed E-state index contributed by atoms with van der Waals surface area (Å²) in [7, 11) is 0. The van der Waals surface area contributed by atoms with E-state index in [2.05, 4.69) is 18.4 Å². The summed E-state index contributed by atoms with van der Waals surface area (Å²) in [5.41, 5.74) is 1.97. The van der Waals surface area contributed by atoms with Gasteiger partial charge >= 0.3 is 0 Å². The van der Waals surface area contributed by atoms with E-state index in [1.165, 1.54) is 6.07 Å². The SMILES string of the molecule is CCOCc1cc2c(F)cccc2n1C(C)C. The maximum Gasteiger partial charge on any atom is 0.132 e. The highest BCUT2D eigenvalue weighted by atomic mass is 19.1. The normalized spacial score (nSPS) is 11.6. The number of benzene rings is 1. The molecule has 0 aliphatic carbocycles. The third-order valence-corrected chi connectivity index (χ3v) is 2.88. The van der Waals surface area contributed by atoms with Crippen LogP contribution in [0.3, 0.4) is 0 Å². The van der Waals surface area contributed by atoms with Gasteiger partial charge in [0.05, 0.1) is 12.1 Å². The Morgan fingerprint density at radius 1 is 1.35 bits per heavy atom. The van der Waals surface area contributed by atoms with Crippen LogP contribution >= 0.6 is 0 Å². The first-order valence-electron chi connectivity index (χ1n) is 6.01. The largest absolute Gasteiger partial charge is 0.376 e. The number of halogens is 1. The molecule has 0 aliphatic heterocycles. The van der Waals surface area contributed by atoms with Crippen LogP contribution in [-0.2, 0) is 11.3 Å². The number of ether oxygens (including phenoxy) is 1. The van der Waals surface area contributed by atoms with Gasteiger partial charge in [0.15, 0.2) is 0 Å². The third kappa shape index (κ3) is 2.20. The lowest BCUT2D eigenvalue weighted by atomic mass is 10.2. The molecule has 0 fully saturated rings. The highest BCUT2D eigenvalue weighted by Crippen LogP contribution is 2.26. The summed E-state index contributed by atoms with van der Waals surface area (Å²) < 4.78 is 21.3. The predicted octanol–water partition coefficient (Wildman–Crippen LogP) is 3.90. The van der Waals surface area contributed by atoms with Crippen molar-refractivity contribution in [2.45, 2.75) is 33.4 Å². The highest BCUT2D eigenvalue weighted by Gasteiger charge is 2.13. The molecule has 1 heterocycles. The number of fused-ring (bicyclic) bond motifs is 1. The Balaban J connectivity index is 2.58. The quantitative estimate of drug-likeness (QED) is 0.784. The molecule has 2 nitrogen and oxygen atoms in total. The second-order valence-electron chi connectivity index (χ2n) is 4.41. The fraction of sp³-hybridized carbons (Fsp3) is 0.429. The molecule has 2 aromatic rings. The van der Waals surface area contributed by atoms with Gasteiger partial charge in [-0.2, -0.15) is 0 Å². The molecule has 2 rings (SSSR count). The van der Waals surface area contributed by atoms with Gasteiger partial charge in [-0.05, 0) is 39.0 Å². The van der Waals surface area contributed by atoms with Crippen LogP contribution in [0.4, 0.5) is 4.39 Å². The van der Waals surface area contributed by atoms with Gasteiger partial charge in [0.25, 0.3) is 0 Å². The van der Waals surface area contributed by atoms with E-state index in [9.17, 15) is 4.39 Å². The minimum atomic E-state index is -0.167. The summed E-state index contributed by atoms with van der Waals surface area (Å²) >= 11 is 0. The molecule has 1 aromatic heterocycles. The molecule has 92 valence electrons. The molecular formula is C14H18FNO. The van der Waals surface area contributed by atoms with Gasteiger partial charge < -0.3 is 9.30 Å². The minimum Gasteiger partial charge on any atom is -0.376 e. The fourth-order valence-electron chi connectivity index (χ4n) is 2.20. The van der Waals surface area contributed by atoms with Gasteiger partial charge in [0.2, 0.25) is 0 Å². The second kappa shape index (κ2) is 4.88. The number of hydrogen-bond acceptors (Lipinski definition) is 1. The first-order valence-corrected chi connectivity index (χ1v) is 6.01. The van der Waals surface area contributed by atoms with Crippen molar-refractivity contribution in [1.29, 1.82) is 0 Å². The fourth-order valence-corrected chi connectivity index (χ4v) is 2.20. The molecule has 3 heteroatoms. The Bertz CT molecular complexity index is 516. The predicted molar refractivity (Wildman–Crippen MR) is 67.6 cm³/mol. The Morgan fingerprint density at radius 2 is 2.12 bits per heavy atom. The van der Waals surface area contributed by atoms with Crippen molar-refractivity contribution in [2.75, 3.05) is 6.61 Å². The van der Waals surface area contributed by atoms with E-state index in [4.69, 9.17) is 4.74 Å². The van der Waals surface area contributed by atoms with Crippen molar-refractivity contribution in [3.63, 3.8) is 0 Å². The van der Waals surface area contributed by atoms with Crippen molar-refractivity contribution >= 4 is 10.9 Å². The molecule has 1 aromatic carbocycles. The average molecular weight is 235 g/mol. The first-order chi connectivity index (χ1) is 8.15. The molecule has 0 atom stereocenters. The lowest BCUT2D eigenvalue weighted by Crippen LogP contribution is -2.06. The van der Waals surface area contributed by atoms with E-state index in [-0.39, 0.29) is 5.82 Å². The molecule has 0 N–H and O–H groups in total. The molecule has 0 radical (unpaired) electrons. The zero-order valence-electron chi connectivity index (χ0n) is 10.5. The lowest BCUT2D eigenvalue weighted by molar-refractivity contribution is 0.128. The first kappa shape index (κ1) is 12.1. The Morgan fingerprint density at radius 3 is 2.76 bits per heavy atom. The molecule has 0 unspecified atom stereocenters. The molecule has 17 heavy (non-hydrogen) atoms. The van der Waals surface area contributed by atoms with E-state index >= 15 is 0 Å². The van der Waals surface area contributed by atoms with Crippen LogP contribution in [0.15, 0.2) is 24.3 Å². The number of aromatic nitrogens is 1. The maximum absolute atomic E-state index is 13.7. The van der Waals surface area contributed by atoms with Crippen molar-refractivity contribution in [3.8, 4) is 0 Å². The molecule has 0 saturated heterocycles. The Hall–Kier alpha value is -1.35.